The second kappa shape index (κ2) is 7.41. The molecule has 0 bridgehead atoms. The van der Waals surface area contributed by atoms with Gasteiger partial charge in [0.25, 0.3) is 0 Å². The normalized spacial score (nSPS) is 14.1. The van der Waals surface area contributed by atoms with Crippen LogP contribution in [0.2, 0.25) is 0 Å². The first-order valence-corrected chi connectivity index (χ1v) is 7.10. The first-order chi connectivity index (χ1) is 9.34. The topological polar surface area (TPSA) is 75.3 Å². The average molecular weight is 278 g/mol. The number of hydrogen-bond donors (Lipinski definition) is 3. The van der Waals surface area contributed by atoms with Crippen LogP contribution in [-0.2, 0) is 17.8 Å². The van der Waals surface area contributed by atoms with E-state index in [2.05, 4.69) is 5.32 Å². The molecule has 4 N–H and O–H groups in total. The highest BCUT2D eigenvalue weighted by atomic mass is 16.3. The minimum atomic E-state index is -0.864. The van der Waals surface area contributed by atoms with Crippen LogP contribution in [0, 0.1) is 5.92 Å². The number of rotatable bonds is 7. The van der Waals surface area contributed by atoms with Crippen molar-refractivity contribution in [3.05, 3.63) is 35.4 Å². The molecule has 0 fully saturated rings. The van der Waals surface area contributed by atoms with Gasteiger partial charge in [0, 0.05) is 13.1 Å². The first kappa shape index (κ1) is 16.7. The summed E-state index contributed by atoms with van der Waals surface area (Å²) in [6, 6.07) is 7.65. The van der Waals surface area contributed by atoms with Gasteiger partial charge >= 0.3 is 0 Å². The molecule has 20 heavy (non-hydrogen) atoms. The monoisotopic (exact) mass is 278 g/mol. The summed E-state index contributed by atoms with van der Waals surface area (Å²) in [7, 11) is 0. The van der Waals surface area contributed by atoms with Crippen molar-refractivity contribution in [2.45, 2.75) is 45.8 Å². The Kier molecular flexibility index (Phi) is 6.17. The quantitative estimate of drug-likeness (QED) is 0.709. The van der Waals surface area contributed by atoms with Gasteiger partial charge in [-0.05, 0) is 30.4 Å². The maximum Gasteiger partial charge on any atom is 0.224 e. The van der Waals surface area contributed by atoms with E-state index in [-0.39, 0.29) is 12.5 Å². The molecule has 1 aromatic carbocycles. The molecule has 0 saturated carbocycles. The Labute approximate surface area is 121 Å². The van der Waals surface area contributed by atoms with Gasteiger partial charge in [-0.1, -0.05) is 38.1 Å². The lowest BCUT2D eigenvalue weighted by Crippen LogP contribution is -2.42. The molecule has 0 radical (unpaired) electrons. The Morgan fingerprint density at radius 3 is 2.50 bits per heavy atom. The molecule has 0 aliphatic carbocycles. The van der Waals surface area contributed by atoms with Crippen LogP contribution in [0.15, 0.2) is 24.3 Å². The number of amides is 1. The second-order valence-electron chi connectivity index (χ2n) is 6.02. The number of carbonyl (C=O) groups excluding carboxylic acids is 1. The van der Waals surface area contributed by atoms with E-state index in [1.807, 2.05) is 38.1 Å². The Hall–Kier alpha value is -1.39. The van der Waals surface area contributed by atoms with Gasteiger partial charge in [-0.3, -0.25) is 4.79 Å². The molecule has 0 saturated heterocycles. The fourth-order valence-electron chi connectivity index (χ4n) is 2.41. The van der Waals surface area contributed by atoms with Gasteiger partial charge in [0.05, 0.1) is 12.0 Å². The van der Waals surface area contributed by atoms with Crippen LogP contribution < -0.4 is 11.1 Å². The van der Waals surface area contributed by atoms with Crippen molar-refractivity contribution in [1.29, 1.82) is 0 Å². The van der Waals surface area contributed by atoms with E-state index in [9.17, 15) is 9.90 Å². The maximum absolute atomic E-state index is 12.0. The third kappa shape index (κ3) is 5.72. The summed E-state index contributed by atoms with van der Waals surface area (Å²) in [6.45, 7) is 6.55. The van der Waals surface area contributed by atoms with Crippen molar-refractivity contribution in [3.63, 3.8) is 0 Å². The van der Waals surface area contributed by atoms with Gasteiger partial charge in [-0.15, -0.1) is 0 Å². The predicted molar refractivity (Wildman–Crippen MR) is 81.1 cm³/mol. The molecule has 0 aliphatic heterocycles. The van der Waals surface area contributed by atoms with Crippen molar-refractivity contribution in [1.82, 2.24) is 5.32 Å². The molecule has 0 heterocycles. The lowest BCUT2D eigenvalue weighted by atomic mass is 9.94. The van der Waals surface area contributed by atoms with Crippen molar-refractivity contribution >= 4 is 5.91 Å². The summed E-state index contributed by atoms with van der Waals surface area (Å²) in [5, 5.41) is 13.0. The van der Waals surface area contributed by atoms with Crippen LogP contribution in [0.5, 0.6) is 0 Å². The van der Waals surface area contributed by atoms with Crippen molar-refractivity contribution in [2.24, 2.45) is 11.7 Å². The molecule has 0 aliphatic rings. The summed E-state index contributed by atoms with van der Waals surface area (Å²) >= 11 is 0. The molecular formula is C16H26N2O2. The van der Waals surface area contributed by atoms with Crippen LogP contribution in [0.25, 0.3) is 0 Å². The molecule has 1 amide bonds. The Balaban J connectivity index is 2.52. The lowest BCUT2D eigenvalue weighted by molar-refractivity contribution is -0.121. The fourth-order valence-corrected chi connectivity index (χ4v) is 2.41. The molecule has 0 spiro atoms. The summed E-state index contributed by atoms with van der Waals surface area (Å²) < 4.78 is 0. The second-order valence-corrected chi connectivity index (χ2v) is 6.02. The van der Waals surface area contributed by atoms with Gasteiger partial charge in [-0.2, -0.15) is 0 Å². The van der Waals surface area contributed by atoms with Crippen LogP contribution in [0.4, 0.5) is 0 Å². The van der Waals surface area contributed by atoms with Crippen molar-refractivity contribution in [2.75, 3.05) is 6.54 Å². The average Bonchev–Trinajstić information content (AvgIpc) is 2.36. The Morgan fingerprint density at radius 2 is 1.95 bits per heavy atom. The number of nitrogens with two attached hydrogens (primary N) is 1. The Morgan fingerprint density at radius 1 is 1.35 bits per heavy atom. The molecular weight excluding hydrogens is 252 g/mol. The van der Waals surface area contributed by atoms with Crippen LogP contribution >= 0.6 is 0 Å². The molecule has 1 atom stereocenters. The number of aliphatic hydroxyl groups is 1. The van der Waals surface area contributed by atoms with Gasteiger partial charge in [0.2, 0.25) is 5.91 Å². The zero-order valence-electron chi connectivity index (χ0n) is 12.6. The highest BCUT2D eigenvalue weighted by molar-refractivity contribution is 5.79. The molecule has 1 aromatic rings. The van der Waals surface area contributed by atoms with E-state index in [0.29, 0.717) is 25.3 Å². The van der Waals surface area contributed by atoms with Crippen LogP contribution in [0.1, 0.15) is 38.3 Å². The zero-order chi connectivity index (χ0) is 15.2. The molecule has 112 valence electrons. The van der Waals surface area contributed by atoms with Gasteiger partial charge in [-0.25, -0.2) is 0 Å². The number of carbonyl (C=O) groups is 1. The SMILES string of the molecule is CC(C)CC(C)(O)CNC(=O)Cc1ccccc1CN. The van der Waals surface area contributed by atoms with E-state index in [4.69, 9.17) is 5.73 Å². The molecule has 4 nitrogen and oxygen atoms in total. The summed E-state index contributed by atoms with van der Waals surface area (Å²) in [4.78, 5) is 12.0. The minimum absolute atomic E-state index is 0.0880. The van der Waals surface area contributed by atoms with Gasteiger partial charge < -0.3 is 16.2 Å². The predicted octanol–water partition coefficient (Wildman–Crippen LogP) is 1.60. The zero-order valence-corrected chi connectivity index (χ0v) is 12.6. The first-order valence-electron chi connectivity index (χ1n) is 7.10. The summed E-state index contributed by atoms with van der Waals surface area (Å²) in [5.74, 6) is 0.301. The van der Waals surface area contributed by atoms with Crippen LogP contribution in [0.3, 0.4) is 0 Å². The highest BCUT2D eigenvalue weighted by Crippen LogP contribution is 2.15. The molecule has 1 rings (SSSR count). The molecule has 0 aromatic heterocycles. The highest BCUT2D eigenvalue weighted by Gasteiger charge is 2.22. The van der Waals surface area contributed by atoms with Gasteiger partial charge in [0.1, 0.15) is 0 Å². The fraction of sp³-hybridized carbons (Fsp3) is 0.562. The number of hydrogen-bond acceptors (Lipinski definition) is 3. The standard InChI is InChI=1S/C16H26N2O2/c1-12(2)9-16(3,20)11-18-15(19)8-13-6-4-5-7-14(13)10-17/h4-7,12,20H,8-11,17H2,1-3H3,(H,18,19). The largest absolute Gasteiger partial charge is 0.388 e. The maximum atomic E-state index is 12.0. The number of nitrogens with one attached hydrogen (secondary N) is 1. The smallest absolute Gasteiger partial charge is 0.224 e. The third-order valence-corrected chi connectivity index (χ3v) is 3.20. The van der Waals surface area contributed by atoms with Crippen LogP contribution in [-0.4, -0.2) is 23.2 Å². The van der Waals surface area contributed by atoms with E-state index in [0.717, 1.165) is 11.1 Å². The summed E-state index contributed by atoms with van der Waals surface area (Å²) in [5.41, 5.74) is 6.71. The van der Waals surface area contributed by atoms with Gasteiger partial charge in [0.15, 0.2) is 0 Å². The lowest BCUT2D eigenvalue weighted by Gasteiger charge is -2.25. The van der Waals surface area contributed by atoms with Crippen molar-refractivity contribution in [3.8, 4) is 0 Å². The van der Waals surface area contributed by atoms with E-state index >= 15 is 0 Å². The molecule has 1 unspecified atom stereocenters. The molecule has 4 heteroatoms. The minimum Gasteiger partial charge on any atom is -0.388 e. The third-order valence-electron chi connectivity index (χ3n) is 3.20. The summed E-state index contributed by atoms with van der Waals surface area (Å²) in [6.07, 6.45) is 0.956. The van der Waals surface area contributed by atoms with E-state index in [1.54, 1.807) is 6.92 Å². The van der Waals surface area contributed by atoms with E-state index in [1.165, 1.54) is 0 Å². The number of benzene rings is 1. The Bertz CT molecular complexity index is 442. The van der Waals surface area contributed by atoms with E-state index < -0.39 is 5.60 Å². The van der Waals surface area contributed by atoms with Crippen molar-refractivity contribution < 1.29 is 9.90 Å².